The Morgan fingerprint density at radius 2 is 2.18 bits per heavy atom. The Morgan fingerprint density at radius 3 is 2.71 bits per heavy atom. The highest BCUT2D eigenvalue weighted by Crippen LogP contribution is 2.19. The van der Waals surface area contributed by atoms with Crippen LogP contribution in [-0.4, -0.2) is 28.1 Å². The number of pyridine rings is 1. The van der Waals surface area contributed by atoms with Crippen molar-refractivity contribution in [1.29, 1.82) is 0 Å². The molecule has 2 atom stereocenters. The third-order valence-corrected chi connectivity index (χ3v) is 2.82. The first-order valence-corrected chi connectivity index (χ1v) is 5.95. The molecule has 94 valence electrons. The number of nitrogens with zero attached hydrogens (tertiary/aromatic N) is 1. The van der Waals surface area contributed by atoms with Gasteiger partial charge in [0.1, 0.15) is 5.15 Å². The molecule has 2 unspecified atom stereocenters. The molecule has 4 nitrogen and oxygen atoms in total. The number of carbonyl (C=O) groups excluding carboxylic acids is 1. The average Bonchev–Trinajstić information content (AvgIpc) is 2.20. The summed E-state index contributed by atoms with van der Waals surface area (Å²) in [6.07, 6.45) is 1.39. The van der Waals surface area contributed by atoms with Gasteiger partial charge in [-0.15, -0.1) is 0 Å². The fourth-order valence-corrected chi connectivity index (χ4v) is 1.69. The Morgan fingerprint density at radius 1 is 1.53 bits per heavy atom. The maximum Gasteiger partial charge on any atom is 0.253 e. The molecule has 1 aromatic rings. The predicted octanol–water partition coefficient (Wildman–Crippen LogP) is 2.28. The minimum Gasteiger partial charge on any atom is -0.393 e. The first kappa shape index (κ1) is 14.2. The fraction of sp³-hybridized carbons (Fsp3) is 0.455. The summed E-state index contributed by atoms with van der Waals surface area (Å²) in [5, 5.41) is 12.3. The zero-order valence-electron chi connectivity index (χ0n) is 9.58. The van der Waals surface area contributed by atoms with Crippen LogP contribution in [0.3, 0.4) is 0 Å². The number of rotatable bonds is 4. The third kappa shape index (κ3) is 4.50. The molecule has 0 aromatic carbocycles. The smallest absolute Gasteiger partial charge is 0.253 e. The number of hydrogen-bond acceptors (Lipinski definition) is 3. The van der Waals surface area contributed by atoms with Crippen LogP contribution in [0.15, 0.2) is 12.3 Å². The Balaban J connectivity index is 2.66. The van der Waals surface area contributed by atoms with Crippen molar-refractivity contribution in [3.05, 3.63) is 28.0 Å². The minimum absolute atomic E-state index is 0.128. The average molecular weight is 277 g/mol. The monoisotopic (exact) mass is 276 g/mol. The lowest BCUT2D eigenvalue weighted by molar-refractivity contribution is 0.0922. The van der Waals surface area contributed by atoms with Gasteiger partial charge < -0.3 is 10.4 Å². The van der Waals surface area contributed by atoms with Crippen LogP contribution in [0.25, 0.3) is 0 Å². The summed E-state index contributed by atoms with van der Waals surface area (Å²) in [7, 11) is 0. The van der Waals surface area contributed by atoms with Gasteiger partial charge in [-0.1, -0.05) is 23.2 Å². The molecule has 0 radical (unpaired) electrons. The lowest BCUT2D eigenvalue weighted by atomic mass is 10.1. The van der Waals surface area contributed by atoms with Crippen molar-refractivity contribution in [2.75, 3.05) is 0 Å². The van der Waals surface area contributed by atoms with Crippen LogP contribution in [0, 0.1) is 0 Å². The van der Waals surface area contributed by atoms with E-state index in [0.717, 1.165) is 0 Å². The number of nitrogens with one attached hydrogen (secondary N) is 1. The molecular formula is C11H14Cl2N2O2. The van der Waals surface area contributed by atoms with Gasteiger partial charge in [-0.25, -0.2) is 4.98 Å². The molecule has 2 N–H and O–H groups in total. The van der Waals surface area contributed by atoms with Gasteiger partial charge in [-0.3, -0.25) is 4.79 Å². The molecule has 0 saturated carbocycles. The Bertz CT molecular complexity index is 410. The summed E-state index contributed by atoms with van der Waals surface area (Å²) in [4.78, 5) is 15.6. The summed E-state index contributed by atoms with van der Waals surface area (Å²) < 4.78 is 0. The van der Waals surface area contributed by atoms with E-state index in [1.54, 1.807) is 6.92 Å². The molecule has 17 heavy (non-hydrogen) atoms. The Labute approximate surface area is 110 Å². The number of aromatic nitrogens is 1. The summed E-state index contributed by atoms with van der Waals surface area (Å²) in [5.74, 6) is -0.288. The number of hydrogen-bond donors (Lipinski definition) is 2. The van der Waals surface area contributed by atoms with E-state index in [2.05, 4.69) is 10.3 Å². The highest BCUT2D eigenvalue weighted by molar-refractivity contribution is 6.41. The van der Waals surface area contributed by atoms with E-state index in [4.69, 9.17) is 23.2 Å². The van der Waals surface area contributed by atoms with Crippen molar-refractivity contribution < 1.29 is 9.90 Å². The van der Waals surface area contributed by atoms with Gasteiger partial charge in [0.05, 0.1) is 16.7 Å². The van der Waals surface area contributed by atoms with Gasteiger partial charge in [0, 0.05) is 12.2 Å². The van der Waals surface area contributed by atoms with Crippen molar-refractivity contribution in [2.45, 2.75) is 32.4 Å². The van der Waals surface area contributed by atoms with Crippen LogP contribution >= 0.6 is 23.2 Å². The third-order valence-electron chi connectivity index (χ3n) is 2.13. The zero-order valence-corrected chi connectivity index (χ0v) is 11.1. The SMILES string of the molecule is CC(O)CC(C)NC(=O)c1cnc(Cl)c(Cl)c1. The van der Waals surface area contributed by atoms with Crippen molar-refractivity contribution in [3.63, 3.8) is 0 Å². The van der Waals surface area contributed by atoms with Crippen molar-refractivity contribution in [1.82, 2.24) is 10.3 Å². The van der Waals surface area contributed by atoms with Gasteiger partial charge in [-0.05, 0) is 26.3 Å². The Kier molecular flexibility index (Phi) is 5.18. The highest BCUT2D eigenvalue weighted by atomic mass is 35.5. The lowest BCUT2D eigenvalue weighted by Crippen LogP contribution is -2.34. The molecule has 0 aliphatic carbocycles. The molecule has 1 amide bonds. The van der Waals surface area contributed by atoms with Crippen molar-refractivity contribution >= 4 is 29.1 Å². The van der Waals surface area contributed by atoms with Gasteiger partial charge in [-0.2, -0.15) is 0 Å². The van der Waals surface area contributed by atoms with E-state index >= 15 is 0 Å². The molecule has 0 fully saturated rings. The standard InChI is InChI=1S/C11H14Cl2N2O2/c1-6(3-7(2)16)15-11(17)8-4-9(12)10(13)14-5-8/h4-7,16H,3H2,1-2H3,(H,15,17). The summed E-state index contributed by atoms with van der Waals surface area (Å²) in [6.45, 7) is 3.49. The van der Waals surface area contributed by atoms with Crippen LogP contribution in [-0.2, 0) is 0 Å². The first-order chi connectivity index (χ1) is 7.90. The number of amides is 1. The normalized spacial score (nSPS) is 14.2. The fourth-order valence-electron chi connectivity index (χ4n) is 1.42. The summed E-state index contributed by atoms with van der Waals surface area (Å²) in [5.41, 5.74) is 0.344. The molecule has 0 aliphatic heterocycles. The van der Waals surface area contributed by atoms with Gasteiger partial charge in [0.15, 0.2) is 0 Å². The maximum atomic E-state index is 11.8. The van der Waals surface area contributed by atoms with E-state index in [1.165, 1.54) is 12.3 Å². The quantitative estimate of drug-likeness (QED) is 0.830. The number of carbonyl (C=O) groups is 1. The van der Waals surface area contributed by atoms with Crippen molar-refractivity contribution in [2.24, 2.45) is 0 Å². The minimum atomic E-state index is -0.461. The van der Waals surface area contributed by atoms with E-state index in [9.17, 15) is 9.90 Å². The second-order valence-electron chi connectivity index (χ2n) is 3.96. The van der Waals surface area contributed by atoms with Crippen LogP contribution in [0.4, 0.5) is 0 Å². The van der Waals surface area contributed by atoms with Crippen LogP contribution in [0.2, 0.25) is 10.2 Å². The van der Waals surface area contributed by atoms with E-state index in [-0.39, 0.29) is 22.1 Å². The first-order valence-electron chi connectivity index (χ1n) is 5.20. The van der Waals surface area contributed by atoms with E-state index < -0.39 is 6.10 Å². The number of halogens is 2. The highest BCUT2D eigenvalue weighted by Gasteiger charge is 2.13. The molecule has 6 heteroatoms. The molecule has 1 aromatic heterocycles. The summed E-state index contributed by atoms with van der Waals surface area (Å²) in [6, 6.07) is 1.33. The Hall–Kier alpha value is -0.840. The zero-order chi connectivity index (χ0) is 13.0. The van der Waals surface area contributed by atoms with Gasteiger partial charge in [0.25, 0.3) is 5.91 Å². The van der Waals surface area contributed by atoms with Crippen LogP contribution in [0.1, 0.15) is 30.6 Å². The molecular weight excluding hydrogens is 263 g/mol. The molecule has 0 spiro atoms. The molecule has 0 saturated heterocycles. The topological polar surface area (TPSA) is 62.2 Å². The number of aliphatic hydroxyl groups excluding tert-OH is 1. The molecule has 0 aliphatic rings. The molecule has 0 bridgehead atoms. The lowest BCUT2D eigenvalue weighted by Gasteiger charge is -2.15. The molecule has 1 rings (SSSR count). The summed E-state index contributed by atoms with van der Waals surface area (Å²) >= 11 is 11.4. The van der Waals surface area contributed by atoms with Crippen LogP contribution in [0.5, 0.6) is 0 Å². The largest absolute Gasteiger partial charge is 0.393 e. The molecule has 1 heterocycles. The number of aliphatic hydroxyl groups is 1. The van der Waals surface area contributed by atoms with Crippen LogP contribution < -0.4 is 5.32 Å². The second kappa shape index (κ2) is 6.19. The maximum absolute atomic E-state index is 11.8. The van der Waals surface area contributed by atoms with E-state index in [0.29, 0.717) is 12.0 Å². The second-order valence-corrected chi connectivity index (χ2v) is 4.72. The van der Waals surface area contributed by atoms with Gasteiger partial charge >= 0.3 is 0 Å². The van der Waals surface area contributed by atoms with Crippen molar-refractivity contribution in [3.8, 4) is 0 Å². The van der Waals surface area contributed by atoms with Gasteiger partial charge in [0.2, 0.25) is 0 Å². The van der Waals surface area contributed by atoms with E-state index in [1.807, 2.05) is 6.92 Å². The predicted molar refractivity (Wildman–Crippen MR) is 67.5 cm³/mol.